The van der Waals surface area contributed by atoms with Crippen LogP contribution in [0.25, 0.3) is 0 Å². The molecular formula is C13H16N4O2S. The first-order chi connectivity index (χ1) is 9.59. The second-order valence-electron chi connectivity index (χ2n) is 4.22. The Hall–Kier alpha value is -2.15. The fourth-order valence-electron chi connectivity index (χ4n) is 1.60. The summed E-state index contributed by atoms with van der Waals surface area (Å²) in [5.74, 6) is 0.838. The average Bonchev–Trinajstić information content (AvgIpc) is 2.42. The van der Waals surface area contributed by atoms with Crippen molar-refractivity contribution in [1.29, 1.82) is 0 Å². The first-order valence-corrected chi connectivity index (χ1v) is 7.90. The fraction of sp³-hybridized carbons (Fsp3) is 0.231. The summed E-state index contributed by atoms with van der Waals surface area (Å²) in [5, 5.41) is 10.8. The van der Waals surface area contributed by atoms with Crippen molar-refractivity contribution >= 4 is 27.3 Å². The van der Waals surface area contributed by atoms with E-state index in [4.69, 9.17) is 0 Å². The summed E-state index contributed by atoms with van der Waals surface area (Å²) in [6.07, 6.45) is 0.552. The topological polar surface area (TPSA) is 84.0 Å². The van der Waals surface area contributed by atoms with E-state index in [1.54, 1.807) is 19.1 Å². The molecule has 20 heavy (non-hydrogen) atoms. The maximum Gasteiger partial charge on any atom is 0.233 e. The number of rotatable bonds is 6. The van der Waals surface area contributed by atoms with Gasteiger partial charge in [-0.1, -0.05) is 25.1 Å². The number of hydrogen-bond acceptors (Lipinski definition) is 5. The van der Waals surface area contributed by atoms with E-state index in [9.17, 15) is 8.42 Å². The summed E-state index contributed by atoms with van der Waals surface area (Å²) in [6.45, 7) is 1.80. The fourth-order valence-corrected chi connectivity index (χ4v) is 2.67. The average molecular weight is 292 g/mol. The lowest BCUT2D eigenvalue weighted by Gasteiger charge is -2.07. The van der Waals surface area contributed by atoms with Crippen LogP contribution in [0.2, 0.25) is 0 Å². The van der Waals surface area contributed by atoms with Crippen LogP contribution in [-0.2, 0) is 10.0 Å². The van der Waals surface area contributed by atoms with E-state index in [-0.39, 0.29) is 11.6 Å². The van der Waals surface area contributed by atoms with Crippen LogP contribution < -0.4 is 10.0 Å². The Balaban J connectivity index is 2.03. The molecule has 7 heteroatoms. The minimum Gasteiger partial charge on any atom is -0.339 e. The number of hydrogen-bond donors (Lipinski definition) is 2. The minimum absolute atomic E-state index is 0.0682. The number of anilines is 3. The molecule has 1 aromatic heterocycles. The summed E-state index contributed by atoms with van der Waals surface area (Å²) in [5.41, 5.74) is 0.890. The van der Waals surface area contributed by atoms with E-state index in [0.717, 1.165) is 5.69 Å². The molecule has 0 bridgehead atoms. The predicted molar refractivity (Wildman–Crippen MR) is 79.5 cm³/mol. The number of benzene rings is 1. The van der Waals surface area contributed by atoms with Gasteiger partial charge in [-0.3, -0.25) is 4.72 Å². The first kappa shape index (κ1) is 14.3. The highest BCUT2D eigenvalue weighted by molar-refractivity contribution is 7.92. The first-order valence-electron chi connectivity index (χ1n) is 6.25. The summed E-state index contributed by atoms with van der Waals surface area (Å²) < 4.78 is 25.5. The third-order valence-corrected chi connectivity index (χ3v) is 3.91. The molecule has 0 saturated heterocycles. The zero-order valence-corrected chi connectivity index (χ0v) is 11.9. The second-order valence-corrected chi connectivity index (χ2v) is 6.06. The molecule has 0 aliphatic rings. The van der Waals surface area contributed by atoms with Gasteiger partial charge in [0.05, 0.1) is 5.75 Å². The standard InChI is InChI=1S/C13H16N4O2S/c1-2-10-20(18,19)17-13-9-8-12(15-16-13)14-11-6-4-3-5-7-11/h3-9H,2,10H2,1H3,(H,14,15)(H,16,17). The molecule has 2 aromatic rings. The Bertz CT molecular complexity index is 642. The zero-order valence-electron chi connectivity index (χ0n) is 11.1. The van der Waals surface area contributed by atoms with Crippen LogP contribution in [0.3, 0.4) is 0 Å². The van der Waals surface area contributed by atoms with Gasteiger partial charge in [0.1, 0.15) is 0 Å². The molecule has 0 aliphatic heterocycles. The summed E-state index contributed by atoms with van der Waals surface area (Å²) in [7, 11) is -3.33. The van der Waals surface area contributed by atoms with Crippen LogP contribution in [0.15, 0.2) is 42.5 Å². The van der Waals surface area contributed by atoms with Gasteiger partial charge in [0.15, 0.2) is 11.6 Å². The van der Waals surface area contributed by atoms with Gasteiger partial charge in [-0.25, -0.2) is 8.42 Å². The van der Waals surface area contributed by atoms with Gasteiger partial charge < -0.3 is 5.32 Å². The van der Waals surface area contributed by atoms with Gasteiger partial charge >= 0.3 is 0 Å². The van der Waals surface area contributed by atoms with Crippen molar-refractivity contribution in [3.05, 3.63) is 42.5 Å². The lowest BCUT2D eigenvalue weighted by atomic mass is 10.3. The number of nitrogens with one attached hydrogen (secondary N) is 2. The number of sulfonamides is 1. The predicted octanol–water partition coefficient (Wildman–Crippen LogP) is 2.37. The summed E-state index contributed by atoms with van der Waals surface area (Å²) >= 11 is 0. The van der Waals surface area contributed by atoms with E-state index >= 15 is 0 Å². The van der Waals surface area contributed by atoms with Crippen molar-refractivity contribution < 1.29 is 8.42 Å². The van der Waals surface area contributed by atoms with Crippen LogP contribution in [-0.4, -0.2) is 24.4 Å². The molecule has 106 valence electrons. The third-order valence-electron chi connectivity index (χ3n) is 2.44. The highest BCUT2D eigenvalue weighted by atomic mass is 32.2. The number of aromatic nitrogens is 2. The molecule has 2 rings (SSSR count). The Morgan fingerprint density at radius 2 is 1.65 bits per heavy atom. The van der Waals surface area contributed by atoms with Gasteiger partial charge in [0, 0.05) is 5.69 Å². The van der Waals surface area contributed by atoms with Crippen LogP contribution >= 0.6 is 0 Å². The lowest BCUT2D eigenvalue weighted by Crippen LogP contribution is -2.17. The van der Waals surface area contributed by atoms with Gasteiger partial charge in [-0.05, 0) is 30.7 Å². The largest absolute Gasteiger partial charge is 0.339 e. The summed E-state index contributed by atoms with van der Waals surface area (Å²) in [6, 6.07) is 12.8. The van der Waals surface area contributed by atoms with Crippen molar-refractivity contribution in [2.45, 2.75) is 13.3 Å². The van der Waals surface area contributed by atoms with E-state index in [1.165, 1.54) is 0 Å². The number of nitrogens with zero attached hydrogens (tertiary/aromatic N) is 2. The van der Waals surface area contributed by atoms with Crippen molar-refractivity contribution in [3.8, 4) is 0 Å². The summed E-state index contributed by atoms with van der Waals surface area (Å²) in [4.78, 5) is 0. The highest BCUT2D eigenvalue weighted by Crippen LogP contribution is 2.14. The normalized spacial score (nSPS) is 11.1. The Morgan fingerprint density at radius 3 is 2.25 bits per heavy atom. The molecule has 0 amide bonds. The van der Waals surface area contributed by atoms with Crippen LogP contribution in [0.5, 0.6) is 0 Å². The lowest BCUT2D eigenvalue weighted by molar-refractivity contribution is 0.599. The maximum atomic E-state index is 11.6. The Labute approximate surface area is 118 Å². The van der Waals surface area contributed by atoms with Crippen LogP contribution in [0.4, 0.5) is 17.3 Å². The zero-order chi connectivity index (χ0) is 14.4. The van der Waals surface area contributed by atoms with Gasteiger partial charge in [0.2, 0.25) is 10.0 Å². The maximum absolute atomic E-state index is 11.6. The van der Waals surface area contributed by atoms with Crippen molar-refractivity contribution in [2.75, 3.05) is 15.8 Å². The van der Waals surface area contributed by atoms with E-state index < -0.39 is 10.0 Å². The van der Waals surface area contributed by atoms with Crippen molar-refractivity contribution in [2.24, 2.45) is 0 Å². The van der Waals surface area contributed by atoms with Crippen molar-refractivity contribution in [1.82, 2.24) is 10.2 Å². The van der Waals surface area contributed by atoms with Crippen molar-refractivity contribution in [3.63, 3.8) is 0 Å². The molecule has 0 fully saturated rings. The molecule has 0 radical (unpaired) electrons. The van der Waals surface area contributed by atoms with Gasteiger partial charge in [0.25, 0.3) is 0 Å². The molecule has 0 aliphatic carbocycles. The Morgan fingerprint density at radius 1 is 1.00 bits per heavy atom. The van der Waals surface area contributed by atoms with E-state index in [2.05, 4.69) is 20.2 Å². The van der Waals surface area contributed by atoms with Crippen LogP contribution in [0.1, 0.15) is 13.3 Å². The molecule has 1 heterocycles. The second kappa shape index (κ2) is 6.33. The monoisotopic (exact) mass is 292 g/mol. The molecule has 6 nitrogen and oxygen atoms in total. The smallest absolute Gasteiger partial charge is 0.233 e. The molecule has 0 saturated carbocycles. The molecule has 0 spiro atoms. The minimum atomic E-state index is -3.33. The number of para-hydroxylation sites is 1. The molecule has 2 N–H and O–H groups in total. The molecule has 0 atom stereocenters. The molecular weight excluding hydrogens is 276 g/mol. The van der Waals surface area contributed by atoms with E-state index in [0.29, 0.717) is 12.2 Å². The van der Waals surface area contributed by atoms with E-state index in [1.807, 2.05) is 30.3 Å². The van der Waals surface area contributed by atoms with Crippen LogP contribution in [0, 0.1) is 0 Å². The Kier molecular flexibility index (Phi) is 4.52. The SMILES string of the molecule is CCCS(=O)(=O)Nc1ccc(Nc2ccccc2)nn1. The van der Waals surface area contributed by atoms with Gasteiger partial charge in [-0.15, -0.1) is 10.2 Å². The molecule has 1 aromatic carbocycles. The third kappa shape index (κ3) is 4.20. The highest BCUT2D eigenvalue weighted by Gasteiger charge is 2.09. The molecule has 0 unspecified atom stereocenters. The van der Waals surface area contributed by atoms with Gasteiger partial charge in [-0.2, -0.15) is 0 Å². The quantitative estimate of drug-likeness (QED) is 0.854.